The van der Waals surface area contributed by atoms with Gasteiger partial charge in [0.15, 0.2) is 0 Å². The quantitative estimate of drug-likeness (QED) is 0.503. The summed E-state index contributed by atoms with van der Waals surface area (Å²) in [7, 11) is 1.70. The molecule has 6 heteroatoms. The van der Waals surface area contributed by atoms with Gasteiger partial charge in [-0.2, -0.15) is 0 Å². The number of nitrogens with zero attached hydrogens (tertiary/aromatic N) is 1. The third kappa shape index (κ3) is 4.61. The van der Waals surface area contributed by atoms with Crippen LogP contribution in [-0.4, -0.2) is 49.6 Å². The van der Waals surface area contributed by atoms with Gasteiger partial charge >= 0.3 is 0 Å². The highest BCUT2D eigenvalue weighted by Crippen LogP contribution is 2.43. The van der Waals surface area contributed by atoms with E-state index in [1.165, 1.54) is 0 Å². The molecule has 1 aromatic heterocycles. The molecule has 2 atom stereocenters. The van der Waals surface area contributed by atoms with Crippen LogP contribution in [0.3, 0.4) is 0 Å². The molecule has 0 radical (unpaired) electrons. The molecular weight excluding hydrogens is 412 g/mol. The topological polar surface area (TPSA) is 63.6 Å². The van der Waals surface area contributed by atoms with Crippen molar-refractivity contribution in [1.29, 1.82) is 0 Å². The molecule has 0 spiro atoms. The van der Waals surface area contributed by atoms with E-state index in [1.807, 2.05) is 48.8 Å². The van der Waals surface area contributed by atoms with E-state index in [0.29, 0.717) is 31.2 Å². The number of fused-ring (bicyclic) bond motifs is 1. The summed E-state index contributed by atoms with van der Waals surface area (Å²) in [4.78, 5) is 4.45. The van der Waals surface area contributed by atoms with Crippen LogP contribution in [0.15, 0.2) is 54.9 Å². The van der Waals surface area contributed by atoms with Crippen LogP contribution in [0.1, 0.15) is 24.8 Å². The van der Waals surface area contributed by atoms with Gasteiger partial charge < -0.3 is 19.9 Å². The summed E-state index contributed by atoms with van der Waals surface area (Å²) in [5.74, 6) is 0. The van der Waals surface area contributed by atoms with Crippen molar-refractivity contribution in [3.63, 3.8) is 0 Å². The second-order valence-corrected chi connectivity index (χ2v) is 8.42. The molecule has 1 fully saturated rings. The number of aliphatic hydroxyl groups is 1. The van der Waals surface area contributed by atoms with E-state index in [4.69, 9.17) is 21.1 Å². The molecule has 2 aromatic carbocycles. The van der Waals surface area contributed by atoms with Crippen molar-refractivity contribution < 1.29 is 14.6 Å². The first-order valence-electron chi connectivity index (χ1n) is 10.8. The lowest BCUT2D eigenvalue weighted by Gasteiger charge is -2.40. The summed E-state index contributed by atoms with van der Waals surface area (Å²) >= 11 is 6.78. The summed E-state index contributed by atoms with van der Waals surface area (Å²) in [5, 5.41) is 18.2. The van der Waals surface area contributed by atoms with E-state index in [1.54, 1.807) is 7.11 Å². The Bertz CT molecular complexity index is 1020. The minimum atomic E-state index is -1.20. The first kappa shape index (κ1) is 22.2. The van der Waals surface area contributed by atoms with E-state index in [-0.39, 0.29) is 6.10 Å². The molecule has 1 saturated heterocycles. The number of ether oxygens (including phenoxy) is 2. The van der Waals surface area contributed by atoms with Gasteiger partial charge in [0.2, 0.25) is 0 Å². The highest BCUT2D eigenvalue weighted by Gasteiger charge is 2.42. The summed E-state index contributed by atoms with van der Waals surface area (Å²) < 4.78 is 11.3. The zero-order valence-electron chi connectivity index (χ0n) is 17.8. The molecule has 0 saturated carbocycles. The fraction of sp³-hybridized carbons (Fsp3) is 0.400. The van der Waals surface area contributed by atoms with Gasteiger partial charge in [0.05, 0.1) is 6.61 Å². The molecular formula is C25H29ClN2O3. The van der Waals surface area contributed by atoms with Crippen molar-refractivity contribution >= 4 is 22.4 Å². The number of hydrogen-bond acceptors (Lipinski definition) is 5. The van der Waals surface area contributed by atoms with Crippen molar-refractivity contribution in [2.45, 2.75) is 31.0 Å². The van der Waals surface area contributed by atoms with Crippen LogP contribution in [0, 0.1) is 0 Å². The van der Waals surface area contributed by atoms with Crippen LogP contribution in [0.25, 0.3) is 21.9 Å². The lowest BCUT2D eigenvalue weighted by atomic mass is 9.79. The zero-order valence-corrected chi connectivity index (χ0v) is 18.6. The summed E-state index contributed by atoms with van der Waals surface area (Å²) in [5.41, 5.74) is 1.32. The number of morpholine rings is 1. The normalized spacial score (nSPS) is 18.7. The molecule has 2 N–H and O–H groups in total. The highest BCUT2D eigenvalue weighted by molar-refractivity contribution is 6.34. The fourth-order valence-electron chi connectivity index (χ4n) is 4.46. The van der Waals surface area contributed by atoms with Gasteiger partial charge in [0, 0.05) is 60.7 Å². The number of rotatable bonds is 8. The highest BCUT2D eigenvalue weighted by atomic mass is 35.5. The standard InChI is InChI=1S/C25H29ClN2O3/c1-30-13-5-4-11-25(29,23-17-27-12-14-31-23)21-9-6-10-22(26)24(21)20-16-28-15-18-7-2-3-8-19(18)20/h2-3,6-10,15-16,23,27,29H,4-5,11-14,17H2,1H3/t23-,25-/m1/s1. The van der Waals surface area contributed by atoms with Crippen molar-refractivity contribution in [3.05, 3.63) is 65.4 Å². The average Bonchev–Trinajstić information content (AvgIpc) is 2.82. The Labute approximate surface area is 188 Å². The number of methoxy groups -OCH3 is 1. The van der Waals surface area contributed by atoms with E-state index in [0.717, 1.165) is 46.8 Å². The van der Waals surface area contributed by atoms with Crippen molar-refractivity contribution in [2.24, 2.45) is 0 Å². The van der Waals surface area contributed by atoms with Gasteiger partial charge in [-0.3, -0.25) is 4.98 Å². The largest absolute Gasteiger partial charge is 0.385 e. The van der Waals surface area contributed by atoms with Crippen LogP contribution < -0.4 is 5.32 Å². The monoisotopic (exact) mass is 440 g/mol. The smallest absolute Gasteiger partial charge is 0.118 e. The Hall–Kier alpha value is -2.02. The minimum Gasteiger partial charge on any atom is -0.385 e. The maximum Gasteiger partial charge on any atom is 0.118 e. The molecule has 5 nitrogen and oxygen atoms in total. The molecule has 0 amide bonds. The van der Waals surface area contributed by atoms with Crippen LogP contribution in [0.4, 0.5) is 0 Å². The Kier molecular flexibility index (Phi) is 7.20. The van der Waals surface area contributed by atoms with Crippen LogP contribution in [0.2, 0.25) is 5.02 Å². The van der Waals surface area contributed by atoms with Gasteiger partial charge in [-0.05, 0) is 36.3 Å². The molecule has 164 valence electrons. The molecule has 3 aromatic rings. The first-order valence-corrected chi connectivity index (χ1v) is 11.2. The van der Waals surface area contributed by atoms with Gasteiger partial charge in [-0.1, -0.05) is 48.0 Å². The molecule has 0 unspecified atom stereocenters. The van der Waals surface area contributed by atoms with Crippen LogP contribution in [0.5, 0.6) is 0 Å². The number of halogens is 1. The van der Waals surface area contributed by atoms with Crippen LogP contribution >= 0.6 is 11.6 Å². The molecule has 4 rings (SSSR count). The van der Waals surface area contributed by atoms with E-state index in [2.05, 4.69) is 16.4 Å². The number of hydrogen-bond donors (Lipinski definition) is 2. The number of nitrogens with one attached hydrogen (secondary N) is 1. The second kappa shape index (κ2) is 10.1. The molecule has 1 aliphatic rings. The predicted molar refractivity (Wildman–Crippen MR) is 124 cm³/mol. The lowest BCUT2D eigenvalue weighted by molar-refractivity contribution is -0.129. The lowest BCUT2D eigenvalue weighted by Crippen LogP contribution is -2.51. The number of pyridine rings is 1. The Morgan fingerprint density at radius 2 is 2.06 bits per heavy atom. The zero-order chi connectivity index (χ0) is 21.7. The van der Waals surface area contributed by atoms with Gasteiger partial charge in [0.1, 0.15) is 11.7 Å². The minimum absolute atomic E-state index is 0.371. The molecule has 0 aliphatic carbocycles. The Morgan fingerprint density at radius 1 is 1.19 bits per heavy atom. The number of unbranched alkanes of at least 4 members (excludes halogenated alkanes) is 1. The van der Waals surface area contributed by atoms with Crippen molar-refractivity contribution in [1.82, 2.24) is 10.3 Å². The van der Waals surface area contributed by atoms with E-state index >= 15 is 0 Å². The molecule has 0 bridgehead atoms. The number of aromatic nitrogens is 1. The van der Waals surface area contributed by atoms with E-state index in [9.17, 15) is 5.11 Å². The maximum atomic E-state index is 12.2. The average molecular weight is 441 g/mol. The summed E-state index contributed by atoms with van der Waals surface area (Å²) in [6.45, 7) is 2.60. The fourth-order valence-corrected chi connectivity index (χ4v) is 4.73. The van der Waals surface area contributed by atoms with Crippen molar-refractivity contribution in [3.8, 4) is 11.1 Å². The third-order valence-corrected chi connectivity index (χ3v) is 6.35. The molecule has 31 heavy (non-hydrogen) atoms. The van der Waals surface area contributed by atoms with Gasteiger partial charge in [-0.15, -0.1) is 0 Å². The Balaban J connectivity index is 1.85. The third-order valence-electron chi connectivity index (χ3n) is 6.03. The summed E-state index contributed by atoms with van der Waals surface area (Å²) in [6, 6.07) is 13.8. The Morgan fingerprint density at radius 3 is 2.87 bits per heavy atom. The van der Waals surface area contributed by atoms with Crippen LogP contribution in [-0.2, 0) is 15.1 Å². The van der Waals surface area contributed by atoms with Gasteiger partial charge in [0.25, 0.3) is 0 Å². The number of benzene rings is 2. The second-order valence-electron chi connectivity index (χ2n) is 8.01. The maximum absolute atomic E-state index is 12.2. The molecule has 1 aliphatic heterocycles. The van der Waals surface area contributed by atoms with E-state index < -0.39 is 5.60 Å². The van der Waals surface area contributed by atoms with Crippen molar-refractivity contribution in [2.75, 3.05) is 33.4 Å². The molecule has 2 heterocycles. The SMILES string of the molecule is COCCCC[C@@](O)(c1cccc(Cl)c1-c1cncc2ccccc12)[C@H]1CNCCO1. The predicted octanol–water partition coefficient (Wildman–Crippen LogP) is 4.55. The van der Waals surface area contributed by atoms with Gasteiger partial charge in [-0.25, -0.2) is 0 Å². The first-order chi connectivity index (χ1) is 15.1. The summed E-state index contributed by atoms with van der Waals surface area (Å²) in [6.07, 6.45) is 5.53.